The number of para-hydroxylation sites is 2. The fourth-order valence-corrected chi connectivity index (χ4v) is 2.47. The predicted octanol–water partition coefficient (Wildman–Crippen LogP) is 1.62. The van der Waals surface area contributed by atoms with Crippen molar-refractivity contribution >= 4 is 0 Å². The van der Waals surface area contributed by atoms with E-state index < -0.39 is 0 Å². The maximum atomic E-state index is 5.72. The van der Waals surface area contributed by atoms with Crippen LogP contribution in [0.4, 0.5) is 0 Å². The number of methoxy groups -OCH3 is 1. The first-order valence-corrected chi connectivity index (χ1v) is 6.94. The molecule has 1 aromatic carbocycles. The van der Waals surface area contributed by atoms with Crippen molar-refractivity contribution in [3.63, 3.8) is 0 Å². The molecule has 4 nitrogen and oxygen atoms in total. The van der Waals surface area contributed by atoms with Gasteiger partial charge in [0.05, 0.1) is 7.11 Å². The Morgan fingerprint density at radius 2 is 2.11 bits per heavy atom. The summed E-state index contributed by atoms with van der Waals surface area (Å²) in [7, 11) is 3.85. The summed E-state index contributed by atoms with van der Waals surface area (Å²) >= 11 is 0. The van der Waals surface area contributed by atoms with Crippen molar-refractivity contribution in [2.45, 2.75) is 6.42 Å². The van der Waals surface area contributed by atoms with Crippen molar-refractivity contribution in [1.29, 1.82) is 0 Å². The highest BCUT2D eigenvalue weighted by molar-refractivity contribution is 5.39. The highest BCUT2D eigenvalue weighted by Crippen LogP contribution is 2.25. The lowest BCUT2D eigenvalue weighted by Crippen LogP contribution is -2.28. The standard InChI is InChI=1S/C15H24N2O2/c1-17-9-7-13(12-17)11-16-8-10-19-15-6-4-3-5-14(15)18-2/h3-6,13,16H,7-12H2,1-2H3. The zero-order valence-corrected chi connectivity index (χ0v) is 11.9. The van der Waals surface area contributed by atoms with Crippen LogP contribution in [0.5, 0.6) is 11.5 Å². The van der Waals surface area contributed by atoms with Crippen molar-refractivity contribution in [3.8, 4) is 11.5 Å². The van der Waals surface area contributed by atoms with Crippen LogP contribution in [0.3, 0.4) is 0 Å². The molecule has 1 atom stereocenters. The quantitative estimate of drug-likeness (QED) is 0.759. The third-order valence-corrected chi connectivity index (χ3v) is 3.53. The molecule has 0 bridgehead atoms. The number of likely N-dealkylation sites (tertiary alicyclic amines) is 1. The second-order valence-electron chi connectivity index (χ2n) is 5.12. The number of rotatable bonds is 7. The molecule has 2 rings (SSSR count). The lowest BCUT2D eigenvalue weighted by molar-refractivity contribution is 0.288. The highest BCUT2D eigenvalue weighted by atomic mass is 16.5. The van der Waals surface area contributed by atoms with Crippen molar-refractivity contribution in [2.24, 2.45) is 5.92 Å². The second kappa shape index (κ2) is 7.36. The van der Waals surface area contributed by atoms with Crippen LogP contribution in [0.15, 0.2) is 24.3 Å². The summed E-state index contributed by atoms with van der Waals surface area (Å²) in [5, 5.41) is 3.46. The summed E-state index contributed by atoms with van der Waals surface area (Å²) in [6.07, 6.45) is 1.30. The van der Waals surface area contributed by atoms with E-state index in [2.05, 4.69) is 17.3 Å². The van der Waals surface area contributed by atoms with Gasteiger partial charge >= 0.3 is 0 Å². The topological polar surface area (TPSA) is 33.7 Å². The minimum absolute atomic E-state index is 0.670. The molecule has 0 amide bonds. The number of nitrogens with zero attached hydrogens (tertiary/aromatic N) is 1. The highest BCUT2D eigenvalue weighted by Gasteiger charge is 2.18. The fourth-order valence-electron chi connectivity index (χ4n) is 2.47. The van der Waals surface area contributed by atoms with Crippen LogP contribution in [0.25, 0.3) is 0 Å². The average molecular weight is 264 g/mol. The number of ether oxygens (including phenoxy) is 2. The van der Waals surface area contributed by atoms with Gasteiger partial charge in [0.25, 0.3) is 0 Å². The van der Waals surface area contributed by atoms with E-state index in [0.717, 1.165) is 30.5 Å². The molecule has 1 aliphatic heterocycles. The van der Waals surface area contributed by atoms with E-state index >= 15 is 0 Å². The van der Waals surface area contributed by atoms with Crippen LogP contribution in [-0.4, -0.2) is 51.8 Å². The minimum atomic E-state index is 0.670. The molecule has 1 heterocycles. The van der Waals surface area contributed by atoms with Crippen LogP contribution in [0.2, 0.25) is 0 Å². The molecule has 1 saturated heterocycles. The average Bonchev–Trinajstić information content (AvgIpc) is 2.84. The molecule has 1 aliphatic rings. The lowest BCUT2D eigenvalue weighted by Gasteiger charge is -2.13. The van der Waals surface area contributed by atoms with Crippen LogP contribution in [-0.2, 0) is 0 Å². The summed E-state index contributed by atoms with van der Waals surface area (Å²) in [5.41, 5.74) is 0. The number of benzene rings is 1. The van der Waals surface area contributed by atoms with E-state index in [0.29, 0.717) is 6.61 Å². The Morgan fingerprint density at radius 3 is 2.79 bits per heavy atom. The van der Waals surface area contributed by atoms with Crippen molar-refractivity contribution in [2.75, 3.05) is 46.9 Å². The molecule has 0 aromatic heterocycles. The van der Waals surface area contributed by atoms with E-state index in [-0.39, 0.29) is 0 Å². The number of nitrogens with one attached hydrogen (secondary N) is 1. The fraction of sp³-hybridized carbons (Fsp3) is 0.600. The zero-order valence-electron chi connectivity index (χ0n) is 11.9. The molecule has 0 aliphatic carbocycles. The Kier molecular flexibility index (Phi) is 5.48. The molecule has 0 radical (unpaired) electrons. The molecule has 1 aromatic rings. The lowest BCUT2D eigenvalue weighted by atomic mass is 10.1. The van der Waals surface area contributed by atoms with Crippen molar-refractivity contribution in [3.05, 3.63) is 24.3 Å². The smallest absolute Gasteiger partial charge is 0.161 e. The minimum Gasteiger partial charge on any atom is -0.493 e. The summed E-state index contributed by atoms with van der Waals surface area (Å²) in [6, 6.07) is 7.75. The first kappa shape index (κ1) is 14.2. The van der Waals surface area contributed by atoms with Crippen LogP contribution in [0.1, 0.15) is 6.42 Å². The Hall–Kier alpha value is -1.26. The van der Waals surface area contributed by atoms with Gasteiger partial charge in [0.1, 0.15) is 6.61 Å². The summed E-state index contributed by atoms with van der Waals surface area (Å²) in [5.74, 6) is 2.39. The van der Waals surface area contributed by atoms with Gasteiger partial charge in [0, 0.05) is 13.1 Å². The molecule has 19 heavy (non-hydrogen) atoms. The molecule has 0 spiro atoms. The van der Waals surface area contributed by atoms with Crippen LogP contribution >= 0.6 is 0 Å². The molecule has 1 unspecified atom stereocenters. The van der Waals surface area contributed by atoms with E-state index in [1.165, 1.54) is 19.5 Å². The first-order chi connectivity index (χ1) is 9.29. The van der Waals surface area contributed by atoms with Gasteiger partial charge in [-0.1, -0.05) is 12.1 Å². The van der Waals surface area contributed by atoms with Gasteiger partial charge in [-0.3, -0.25) is 0 Å². The Labute approximate surface area is 115 Å². The maximum Gasteiger partial charge on any atom is 0.161 e. The summed E-state index contributed by atoms with van der Waals surface area (Å²) in [4.78, 5) is 2.39. The SMILES string of the molecule is COc1ccccc1OCCNCC1CCN(C)C1. The van der Waals surface area contributed by atoms with Gasteiger partial charge in [0.15, 0.2) is 11.5 Å². The van der Waals surface area contributed by atoms with Gasteiger partial charge < -0.3 is 19.7 Å². The first-order valence-electron chi connectivity index (χ1n) is 6.94. The maximum absolute atomic E-state index is 5.72. The summed E-state index contributed by atoms with van der Waals surface area (Å²) < 4.78 is 11.0. The van der Waals surface area contributed by atoms with Crippen LogP contribution < -0.4 is 14.8 Å². The largest absolute Gasteiger partial charge is 0.493 e. The predicted molar refractivity (Wildman–Crippen MR) is 77.0 cm³/mol. The Balaban J connectivity index is 1.61. The van der Waals surface area contributed by atoms with E-state index in [1.807, 2.05) is 24.3 Å². The Morgan fingerprint density at radius 1 is 1.32 bits per heavy atom. The van der Waals surface area contributed by atoms with E-state index in [1.54, 1.807) is 7.11 Å². The molecule has 1 fully saturated rings. The molecule has 1 N–H and O–H groups in total. The molecule has 106 valence electrons. The molecular formula is C15H24N2O2. The van der Waals surface area contributed by atoms with Crippen LogP contribution in [0, 0.1) is 5.92 Å². The van der Waals surface area contributed by atoms with Gasteiger partial charge in [0.2, 0.25) is 0 Å². The molecular weight excluding hydrogens is 240 g/mol. The third-order valence-electron chi connectivity index (χ3n) is 3.53. The zero-order chi connectivity index (χ0) is 13.5. The van der Waals surface area contributed by atoms with Gasteiger partial charge in [-0.05, 0) is 44.6 Å². The normalized spacial score (nSPS) is 19.6. The van der Waals surface area contributed by atoms with Gasteiger partial charge in [-0.25, -0.2) is 0 Å². The van der Waals surface area contributed by atoms with E-state index in [4.69, 9.17) is 9.47 Å². The van der Waals surface area contributed by atoms with Gasteiger partial charge in [-0.2, -0.15) is 0 Å². The number of hydrogen-bond donors (Lipinski definition) is 1. The monoisotopic (exact) mass is 264 g/mol. The molecule has 0 saturated carbocycles. The second-order valence-corrected chi connectivity index (χ2v) is 5.12. The third kappa shape index (κ3) is 4.40. The molecule has 4 heteroatoms. The summed E-state index contributed by atoms with van der Waals surface area (Å²) in [6.45, 7) is 5.06. The Bertz CT molecular complexity index is 384. The van der Waals surface area contributed by atoms with Crippen molar-refractivity contribution < 1.29 is 9.47 Å². The van der Waals surface area contributed by atoms with E-state index in [9.17, 15) is 0 Å². The van der Waals surface area contributed by atoms with Gasteiger partial charge in [-0.15, -0.1) is 0 Å². The number of hydrogen-bond acceptors (Lipinski definition) is 4. The van der Waals surface area contributed by atoms with Crippen molar-refractivity contribution in [1.82, 2.24) is 10.2 Å².